The number of nitrogens with zero attached hydrogens (tertiary/aromatic N) is 1. The van der Waals surface area contributed by atoms with Crippen LogP contribution in [0.1, 0.15) is 242 Å². The first-order chi connectivity index (χ1) is 26.8. The second-order valence-corrected chi connectivity index (χ2v) is 20.4. The average Bonchev–Trinajstić information content (AvgIpc) is 3.68. The van der Waals surface area contributed by atoms with Crippen molar-refractivity contribution in [2.45, 2.75) is 253 Å². The van der Waals surface area contributed by atoms with Crippen molar-refractivity contribution in [3.8, 4) is 0 Å². The fourth-order valence-corrected chi connectivity index (χ4v) is 10.4. The molecule has 1 aliphatic heterocycles. The van der Waals surface area contributed by atoms with Gasteiger partial charge in [-0.3, -0.25) is 9.59 Å². The zero-order valence-electron chi connectivity index (χ0n) is 39.0. The quantitative estimate of drug-likeness (QED) is 0.0377. The first kappa shape index (κ1) is 50.8. The predicted octanol–water partition coefficient (Wildman–Crippen LogP) is 15.0. The van der Waals surface area contributed by atoms with Gasteiger partial charge in [0.15, 0.2) is 0 Å². The maximum atomic E-state index is 13.8. The molecule has 5 heteroatoms. The van der Waals surface area contributed by atoms with E-state index in [0.717, 1.165) is 51.6 Å². The first-order valence-corrected chi connectivity index (χ1v) is 24.5. The van der Waals surface area contributed by atoms with Gasteiger partial charge in [0, 0.05) is 18.9 Å². The molecule has 2 fully saturated rings. The molecule has 0 aromatic carbocycles. The number of hydrogen-bond acceptors (Lipinski definition) is 5. The van der Waals surface area contributed by atoms with Gasteiger partial charge in [-0.1, -0.05) is 175 Å². The molecule has 1 heterocycles. The molecule has 0 aromatic rings. The van der Waals surface area contributed by atoms with E-state index in [4.69, 9.17) is 9.47 Å². The van der Waals surface area contributed by atoms with Gasteiger partial charge in [0.1, 0.15) is 11.7 Å². The van der Waals surface area contributed by atoms with E-state index in [1.54, 1.807) is 0 Å². The van der Waals surface area contributed by atoms with Crippen molar-refractivity contribution in [1.29, 1.82) is 0 Å². The van der Waals surface area contributed by atoms with Gasteiger partial charge in [-0.2, -0.15) is 0 Å². The number of esters is 2. The maximum absolute atomic E-state index is 13.8. The molecule has 5 nitrogen and oxygen atoms in total. The molecule has 0 N–H and O–H groups in total. The number of hydrogen-bond donors (Lipinski definition) is 0. The summed E-state index contributed by atoms with van der Waals surface area (Å²) in [6.45, 7) is 19.7. The molecule has 0 aromatic heterocycles. The van der Waals surface area contributed by atoms with Crippen LogP contribution >= 0.6 is 0 Å². The number of carbonyl (C=O) groups is 2. The van der Waals surface area contributed by atoms with E-state index in [0.29, 0.717) is 12.3 Å². The Morgan fingerprint density at radius 2 is 1.23 bits per heavy atom. The van der Waals surface area contributed by atoms with Gasteiger partial charge < -0.3 is 14.4 Å². The molecule has 0 radical (unpaired) electrons. The molecule has 4 unspecified atom stereocenters. The SMILES string of the molecule is CC/C=C\CC1C(CC(=O)OC(C)(C)CC(C)(C)C(CCCCCCCCCCCC)CCCCCCCCCCCC)CCC1OC(=O)C1(C)CCN(C)C1. The third-order valence-electron chi connectivity index (χ3n) is 13.7. The van der Waals surface area contributed by atoms with Crippen LogP contribution in [0.25, 0.3) is 0 Å². The van der Waals surface area contributed by atoms with E-state index < -0.39 is 11.0 Å². The topological polar surface area (TPSA) is 55.8 Å². The Morgan fingerprint density at radius 1 is 0.732 bits per heavy atom. The van der Waals surface area contributed by atoms with Crippen LogP contribution in [0.2, 0.25) is 0 Å². The number of carbonyl (C=O) groups excluding carboxylic acids is 2. The molecular weight excluding hydrogens is 691 g/mol. The summed E-state index contributed by atoms with van der Waals surface area (Å²) in [5, 5.41) is 0. The van der Waals surface area contributed by atoms with Crippen molar-refractivity contribution in [3.05, 3.63) is 12.2 Å². The predicted molar refractivity (Wildman–Crippen MR) is 240 cm³/mol. The summed E-state index contributed by atoms with van der Waals surface area (Å²) in [4.78, 5) is 29.4. The zero-order chi connectivity index (χ0) is 41.3. The van der Waals surface area contributed by atoms with E-state index in [-0.39, 0.29) is 35.3 Å². The largest absolute Gasteiger partial charge is 0.462 e. The molecule has 0 amide bonds. The van der Waals surface area contributed by atoms with Crippen molar-refractivity contribution >= 4 is 11.9 Å². The van der Waals surface area contributed by atoms with Crippen LogP contribution in [0.4, 0.5) is 0 Å². The monoisotopic (exact) mass is 786 g/mol. The van der Waals surface area contributed by atoms with Crippen LogP contribution in [0, 0.1) is 28.6 Å². The van der Waals surface area contributed by atoms with Crippen LogP contribution in [-0.4, -0.2) is 48.7 Å². The van der Waals surface area contributed by atoms with Gasteiger partial charge in [0.2, 0.25) is 0 Å². The Balaban J connectivity index is 1.95. The Bertz CT molecular complexity index is 1040. The molecule has 2 aliphatic rings. The van der Waals surface area contributed by atoms with E-state index in [1.807, 2.05) is 0 Å². The van der Waals surface area contributed by atoms with Crippen LogP contribution in [0.15, 0.2) is 12.2 Å². The highest BCUT2D eigenvalue weighted by atomic mass is 16.6. The molecule has 1 saturated carbocycles. The van der Waals surface area contributed by atoms with Crippen LogP contribution < -0.4 is 0 Å². The minimum Gasteiger partial charge on any atom is -0.462 e. The lowest BCUT2D eigenvalue weighted by atomic mass is 9.68. The highest BCUT2D eigenvalue weighted by Gasteiger charge is 2.45. The van der Waals surface area contributed by atoms with Gasteiger partial charge in [-0.05, 0) is 103 Å². The fourth-order valence-electron chi connectivity index (χ4n) is 10.4. The molecule has 56 heavy (non-hydrogen) atoms. The molecule has 4 atom stereocenters. The number of unbranched alkanes of at least 4 members (excludes halogenated alkanes) is 18. The second kappa shape index (κ2) is 28.2. The summed E-state index contributed by atoms with van der Waals surface area (Å²) in [6.07, 6.45) is 40.1. The molecule has 328 valence electrons. The standard InChI is InChI=1S/C51H95NO4/c1-10-13-16-18-20-22-24-26-28-31-33-44(34-32-29-27-25-23-21-19-17-14-11-2)49(4,5)41-50(6,7)56-47(53)40-43-36-37-46(45(43)35-30-15-12-3)55-48(54)51(8)38-39-52(9)42-51/h15,30,43-46H,10-14,16-29,31-42H2,1-9H3/b30-15-. The van der Waals surface area contributed by atoms with Gasteiger partial charge in [0.05, 0.1) is 5.41 Å². The van der Waals surface area contributed by atoms with Crippen LogP contribution in [0.3, 0.4) is 0 Å². The van der Waals surface area contributed by atoms with Crippen molar-refractivity contribution in [3.63, 3.8) is 0 Å². The van der Waals surface area contributed by atoms with Crippen LogP contribution in [0.5, 0.6) is 0 Å². The van der Waals surface area contributed by atoms with Gasteiger partial charge >= 0.3 is 11.9 Å². The van der Waals surface area contributed by atoms with E-state index >= 15 is 0 Å². The summed E-state index contributed by atoms with van der Waals surface area (Å²) in [5.41, 5.74) is -0.877. The molecule has 0 spiro atoms. The van der Waals surface area contributed by atoms with Crippen molar-refractivity contribution < 1.29 is 19.1 Å². The minimum absolute atomic E-state index is 0.0620. The van der Waals surface area contributed by atoms with E-state index in [9.17, 15) is 9.59 Å². The minimum atomic E-state index is -0.528. The zero-order valence-corrected chi connectivity index (χ0v) is 39.0. The number of allylic oxidation sites excluding steroid dienone is 2. The molecule has 0 bridgehead atoms. The number of rotatable bonds is 33. The molecular formula is C51H95NO4. The highest BCUT2D eigenvalue weighted by Crippen LogP contribution is 2.44. The highest BCUT2D eigenvalue weighted by molar-refractivity contribution is 5.77. The normalized spacial score (nSPS) is 22.1. The van der Waals surface area contributed by atoms with E-state index in [2.05, 4.69) is 79.5 Å². The van der Waals surface area contributed by atoms with Crippen molar-refractivity contribution in [2.75, 3.05) is 20.1 Å². The summed E-state index contributed by atoms with van der Waals surface area (Å²) < 4.78 is 12.7. The lowest BCUT2D eigenvalue weighted by Gasteiger charge is -2.41. The number of ether oxygens (including phenoxy) is 2. The third kappa shape index (κ3) is 20.6. The maximum Gasteiger partial charge on any atom is 0.313 e. The smallest absolute Gasteiger partial charge is 0.313 e. The lowest BCUT2D eigenvalue weighted by Crippen LogP contribution is -2.38. The Labute approximate surface area is 349 Å². The number of likely N-dealkylation sites (tertiary alicyclic amines) is 1. The molecule has 1 aliphatic carbocycles. The second-order valence-electron chi connectivity index (χ2n) is 20.4. The Morgan fingerprint density at radius 3 is 1.70 bits per heavy atom. The third-order valence-corrected chi connectivity index (χ3v) is 13.7. The summed E-state index contributed by atoms with van der Waals surface area (Å²) in [6, 6.07) is 0. The van der Waals surface area contributed by atoms with E-state index in [1.165, 1.54) is 141 Å². The molecule has 1 saturated heterocycles. The average molecular weight is 786 g/mol. The summed E-state index contributed by atoms with van der Waals surface area (Å²) >= 11 is 0. The van der Waals surface area contributed by atoms with Gasteiger partial charge in [0.25, 0.3) is 0 Å². The van der Waals surface area contributed by atoms with Crippen molar-refractivity contribution in [1.82, 2.24) is 4.90 Å². The van der Waals surface area contributed by atoms with Crippen molar-refractivity contribution in [2.24, 2.45) is 28.6 Å². The van der Waals surface area contributed by atoms with Crippen LogP contribution in [-0.2, 0) is 19.1 Å². The fraction of sp³-hybridized carbons (Fsp3) is 0.922. The Kier molecular flexibility index (Phi) is 25.5. The summed E-state index contributed by atoms with van der Waals surface area (Å²) in [7, 11) is 2.08. The summed E-state index contributed by atoms with van der Waals surface area (Å²) in [5.74, 6) is 0.823. The van der Waals surface area contributed by atoms with Gasteiger partial charge in [-0.15, -0.1) is 0 Å². The lowest BCUT2D eigenvalue weighted by molar-refractivity contribution is -0.163. The molecule has 2 rings (SSSR count). The Hall–Kier alpha value is -1.36. The van der Waals surface area contributed by atoms with Gasteiger partial charge in [-0.25, -0.2) is 0 Å². The first-order valence-electron chi connectivity index (χ1n) is 24.5.